The van der Waals surface area contributed by atoms with Gasteiger partial charge in [-0.15, -0.1) is 0 Å². The van der Waals surface area contributed by atoms with E-state index in [9.17, 15) is 0 Å². The molecule has 39 heavy (non-hydrogen) atoms. The first-order valence-corrected chi connectivity index (χ1v) is 15.8. The van der Waals surface area contributed by atoms with Gasteiger partial charge in [0.25, 0.3) is 0 Å². The van der Waals surface area contributed by atoms with E-state index >= 15 is 0 Å². The summed E-state index contributed by atoms with van der Waals surface area (Å²) in [6.45, 7) is 0. The van der Waals surface area contributed by atoms with Crippen LogP contribution in [0.25, 0.3) is 31.0 Å². The van der Waals surface area contributed by atoms with Gasteiger partial charge in [-0.25, -0.2) is 0 Å². The fourth-order valence-electron chi connectivity index (χ4n) is 4.98. The fourth-order valence-corrected chi connectivity index (χ4v) is 10.3. The Balaban J connectivity index is 1.29. The first kappa shape index (κ1) is 25.0. The summed E-state index contributed by atoms with van der Waals surface area (Å²) >= 11 is -1.72. The van der Waals surface area contributed by atoms with Crippen LogP contribution in [0.2, 0.25) is 0 Å². The third-order valence-corrected chi connectivity index (χ3v) is 12.5. The third-order valence-electron chi connectivity index (χ3n) is 7.10. The Labute approximate surface area is 235 Å². The standard InChI is InChI=1S/C36H29AsO2/c1-38-33-20-16-28(17-21-33)26-8-12-30(13-9-26)35-24-25-36(37(35)32-6-4-3-5-7-32)31-14-10-27(11-15-31)29-18-22-34(39-2)23-19-29/h3-25H,1-2H3. The Morgan fingerprint density at radius 1 is 0.385 bits per heavy atom. The van der Waals surface area contributed by atoms with Gasteiger partial charge in [-0.3, -0.25) is 0 Å². The van der Waals surface area contributed by atoms with E-state index < -0.39 is 14.7 Å². The van der Waals surface area contributed by atoms with Crippen LogP contribution in [0.3, 0.4) is 0 Å². The van der Waals surface area contributed by atoms with Gasteiger partial charge in [0.1, 0.15) is 0 Å². The zero-order valence-corrected chi connectivity index (χ0v) is 23.9. The molecule has 0 aliphatic carbocycles. The molecular formula is C36H29AsO2. The molecule has 5 aromatic carbocycles. The number of rotatable bonds is 7. The van der Waals surface area contributed by atoms with Crippen molar-refractivity contribution in [3.8, 4) is 33.8 Å². The molecule has 0 atom stereocenters. The number of benzene rings is 5. The molecule has 0 amide bonds. The normalized spacial score (nSPS) is 13.1. The summed E-state index contributed by atoms with van der Waals surface area (Å²) in [5.41, 5.74) is 7.41. The molecule has 6 rings (SSSR count). The maximum atomic E-state index is 5.32. The molecule has 0 bridgehead atoms. The first-order valence-electron chi connectivity index (χ1n) is 13.0. The molecule has 3 heteroatoms. The van der Waals surface area contributed by atoms with Gasteiger partial charge in [-0.1, -0.05) is 0 Å². The van der Waals surface area contributed by atoms with E-state index in [0.717, 1.165) is 11.5 Å². The van der Waals surface area contributed by atoms with E-state index in [1.807, 2.05) is 24.3 Å². The van der Waals surface area contributed by atoms with Gasteiger partial charge >= 0.3 is 236 Å². The van der Waals surface area contributed by atoms with Crippen LogP contribution in [0.15, 0.2) is 140 Å². The van der Waals surface area contributed by atoms with Crippen molar-refractivity contribution in [1.82, 2.24) is 0 Å². The van der Waals surface area contributed by atoms with Crippen LogP contribution >= 0.6 is 0 Å². The molecule has 0 spiro atoms. The van der Waals surface area contributed by atoms with Gasteiger partial charge in [0.05, 0.1) is 0 Å². The van der Waals surface area contributed by atoms with Gasteiger partial charge in [-0.05, 0) is 0 Å². The molecule has 0 saturated heterocycles. The quantitative estimate of drug-likeness (QED) is 0.185. The molecule has 0 aromatic heterocycles. The second-order valence-electron chi connectivity index (χ2n) is 9.39. The van der Waals surface area contributed by atoms with Crippen LogP contribution in [-0.4, -0.2) is 28.9 Å². The molecule has 5 aromatic rings. The van der Waals surface area contributed by atoms with Crippen LogP contribution < -0.4 is 13.8 Å². The third kappa shape index (κ3) is 5.21. The zero-order chi connectivity index (χ0) is 26.6. The van der Waals surface area contributed by atoms with E-state index in [1.54, 1.807) is 14.2 Å². The molecule has 1 aliphatic rings. The molecule has 2 nitrogen and oxygen atoms in total. The molecule has 0 radical (unpaired) electrons. The van der Waals surface area contributed by atoms with Crippen molar-refractivity contribution in [1.29, 1.82) is 0 Å². The average molecular weight is 569 g/mol. The Kier molecular flexibility index (Phi) is 7.21. The van der Waals surface area contributed by atoms with Crippen molar-refractivity contribution in [3.63, 3.8) is 0 Å². The molecule has 0 unspecified atom stereocenters. The van der Waals surface area contributed by atoms with Crippen molar-refractivity contribution >= 4 is 27.7 Å². The van der Waals surface area contributed by atoms with E-state index in [0.29, 0.717) is 0 Å². The monoisotopic (exact) mass is 568 g/mol. The molecular weight excluding hydrogens is 539 g/mol. The second kappa shape index (κ2) is 11.2. The van der Waals surface area contributed by atoms with Crippen LogP contribution in [0.5, 0.6) is 11.5 Å². The van der Waals surface area contributed by atoms with Gasteiger partial charge in [0.2, 0.25) is 0 Å². The van der Waals surface area contributed by atoms with Crippen LogP contribution in [0.1, 0.15) is 11.1 Å². The SMILES string of the molecule is COc1ccc(-c2ccc(C3=CC=C(c4ccc(-c5ccc(OC)cc5)cc4)[As]3c3ccccc3)cc2)cc1. The predicted molar refractivity (Wildman–Crippen MR) is 165 cm³/mol. The Hall–Kier alpha value is -4.26. The molecule has 1 heterocycles. The van der Waals surface area contributed by atoms with E-state index in [2.05, 4.69) is 115 Å². The summed E-state index contributed by atoms with van der Waals surface area (Å²) in [7, 11) is 3.40. The number of hydrogen-bond donors (Lipinski definition) is 0. The molecule has 190 valence electrons. The Morgan fingerprint density at radius 3 is 1.08 bits per heavy atom. The van der Waals surface area contributed by atoms with E-state index in [-0.39, 0.29) is 0 Å². The van der Waals surface area contributed by atoms with E-state index in [4.69, 9.17) is 9.47 Å². The molecule has 0 N–H and O–H groups in total. The van der Waals surface area contributed by atoms with Crippen molar-refractivity contribution in [2.75, 3.05) is 14.2 Å². The summed E-state index contributed by atoms with van der Waals surface area (Å²) in [5.74, 6) is 1.75. The average Bonchev–Trinajstić information content (AvgIpc) is 3.47. The summed E-state index contributed by atoms with van der Waals surface area (Å²) in [6, 6.07) is 45.6. The zero-order valence-electron chi connectivity index (χ0n) is 22.0. The molecule has 0 saturated carbocycles. The summed E-state index contributed by atoms with van der Waals surface area (Å²) in [5, 5.41) is 0. The fraction of sp³-hybridized carbons (Fsp3) is 0.0556. The van der Waals surface area contributed by atoms with Crippen LogP contribution in [0, 0.1) is 0 Å². The van der Waals surface area contributed by atoms with Crippen molar-refractivity contribution < 1.29 is 9.47 Å². The molecule has 0 fully saturated rings. The number of hydrogen-bond acceptors (Lipinski definition) is 2. The number of methoxy groups -OCH3 is 2. The Bertz CT molecular complexity index is 1510. The van der Waals surface area contributed by atoms with Gasteiger partial charge in [0, 0.05) is 0 Å². The Morgan fingerprint density at radius 2 is 0.718 bits per heavy atom. The number of allylic oxidation sites excluding steroid dienone is 2. The first-order chi connectivity index (χ1) is 19.2. The minimum atomic E-state index is -1.72. The van der Waals surface area contributed by atoms with Gasteiger partial charge in [-0.2, -0.15) is 0 Å². The van der Waals surface area contributed by atoms with Crippen molar-refractivity contribution in [3.05, 3.63) is 151 Å². The summed E-state index contributed by atoms with van der Waals surface area (Å²) in [4.78, 5) is 0. The van der Waals surface area contributed by atoms with Crippen LogP contribution in [-0.2, 0) is 0 Å². The van der Waals surface area contributed by atoms with E-state index in [1.165, 1.54) is 46.5 Å². The van der Waals surface area contributed by atoms with Gasteiger partial charge < -0.3 is 0 Å². The summed E-state index contributed by atoms with van der Waals surface area (Å²) in [6.07, 6.45) is 4.70. The topological polar surface area (TPSA) is 18.5 Å². The van der Waals surface area contributed by atoms with Crippen molar-refractivity contribution in [2.24, 2.45) is 0 Å². The predicted octanol–water partition coefficient (Wildman–Crippen LogP) is 8.00. The van der Waals surface area contributed by atoms with Crippen LogP contribution in [0.4, 0.5) is 0 Å². The number of ether oxygens (including phenoxy) is 2. The van der Waals surface area contributed by atoms with Gasteiger partial charge in [0.15, 0.2) is 0 Å². The second-order valence-corrected chi connectivity index (χ2v) is 13.9. The minimum absolute atomic E-state index is 0.874. The maximum absolute atomic E-state index is 5.32. The molecule has 1 aliphatic heterocycles. The van der Waals surface area contributed by atoms with Crippen molar-refractivity contribution in [2.45, 2.75) is 0 Å². The summed E-state index contributed by atoms with van der Waals surface area (Å²) < 4.78 is 15.0.